The second kappa shape index (κ2) is 13.2. The first-order valence-corrected chi connectivity index (χ1v) is 10.1. The summed E-state index contributed by atoms with van der Waals surface area (Å²) in [4.78, 5) is 36.0. The van der Waals surface area contributed by atoms with Gasteiger partial charge in [-0.25, -0.2) is 9.18 Å². The summed E-state index contributed by atoms with van der Waals surface area (Å²) in [7, 11) is 1.41. The molecule has 0 radical (unpaired) electrons. The fourth-order valence-corrected chi connectivity index (χ4v) is 3.64. The number of amides is 2. The molecular formula is C24H22FN3Na2O5. The fraction of sp³-hybridized carbons (Fsp3) is 0.208. The Morgan fingerprint density at radius 3 is 2.31 bits per heavy atom. The number of carbonyl (C=O) groups is 2. The summed E-state index contributed by atoms with van der Waals surface area (Å²) in [6, 6.07) is 8.59. The first kappa shape index (κ1) is 30.9. The van der Waals surface area contributed by atoms with E-state index in [1.807, 2.05) is 32.0 Å². The van der Waals surface area contributed by atoms with Crippen molar-refractivity contribution in [1.82, 2.24) is 9.88 Å². The molecule has 2 aromatic carbocycles. The van der Waals surface area contributed by atoms with E-state index in [1.165, 1.54) is 31.4 Å². The molecule has 0 aliphatic heterocycles. The zero-order valence-corrected chi connectivity index (χ0v) is 24.3. The zero-order chi connectivity index (χ0) is 24.3. The number of aliphatic carboxylic acids is 1. The van der Waals surface area contributed by atoms with Gasteiger partial charge in [0.25, 0.3) is 5.56 Å². The molecule has 172 valence electrons. The topological polar surface area (TPSA) is 126 Å². The number of pyridine rings is 1. The van der Waals surface area contributed by atoms with Crippen molar-refractivity contribution in [3.8, 4) is 16.9 Å². The van der Waals surface area contributed by atoms with Gasteiger partial charge in [0.1, 0.15) is 11.5 Å². The third-order valence-corrected chi connectivity index (χ3v) is 5.29. The van der Waals surface area contributed by atoms with Crippen molar-refractivity contribution in [2.75, 3.05) is 5.32 Å². The van der Waals surface area contributed by atoms with E-state index in [0.29, 0.717) is 11.1 Å². The van der Waals surface area contributed by atoms with E-state index in [2.05, 4.69) is 10.6 Å². The average molecular weight is 497 g/mol. The molecule has 3 aromatic rings. The number of nitrogens with zero attached hydrogens (tertiary/aromatic N) is 1. The van der Waals surface area contributed by atoms with Gasteiger partial charge in [0.15, 0.2) is 0 Å². The summed E-state index contributed by atoms with van der Waals surface area (Å²) < 4.78 is 15.8. The number of hydrogen-bond donors (Lipinski definition) is 2. The minimum Gasteiger partial charge on any atom is -0.871 e. The number of rotatable bonds is 6. The summed E-state index contributed by atoms with van der Waals surface area (Å²) >= 11 is 0. The number of aryl methyl sites for hydroxylation is 3. The van der Waals surface area contributed by atoms with Crippen LogP contribution < -0.4 is 85.5 Å². The maximum absolute atomic E-state index is 14.7. The largest absolute Gasteiger partial charge is 1.00 e. The average Bonchev–Trinajstić information content (AvgIpc) is 2.74. The van der Waals surface area contributed by atoms with Gasteiger partial charge in [-0.2, -0.15) is 0 Å². The predicted octanol–water partition coefficient (Wildman–Crippen LogP) is -4.11. The standard InChI is InChI=1S/C24H24FN3O5.2Na/c1-13-5-4-6-14(2)21(13)16-11-15(7-8-17(16)25)18(12-20(30)31)26-24(33)27-22-19(29)9-10-28(3)23(22)32;;/h4-11,18,29H,12H2,1-3H3,(H,30,31)(H2,26,27,33);;/q;2*+1/p-2/t18-;;/m0../s1. The fourth-order valence-electron chi connectivity index (χ4n) is 3.64. The molecule has 0 spiro atoms. The predicted molar refractivity (Wildman–Crippen MR) is 117 cm³/mol. The molecule has 0 saturated heterocycles. The van der Waals surface area contributed by atoms with E-state index in [1.54, 1.807) is 0 Å². The molecule has 1 aromatic heterocycles. The number of carboxylic acid groups (broad SMARTS) is 1. The van der Waals surface area contributed by atoms with Crippen LogP contribution in [0.5, 0.6) is 5.75 Å². The van der Waals surface area contributed by atoms with E-state index in [9.17, 15) is 29.0 Å². The molecule has 35 heavy (non-hydrogen) atoms. The molecule has 0 saturated carbocycles. The number of aromatic nitrogens is 1. The molecule has 2 amide bonds. The molecule has 0 bridgehead atoms. The molecule has 0 fully saturated rings. The molecule has 0 aliphatic rings. The second-order valence-corrected chi connectivity index (χ2v) is 7.70. The maximum Gasteiger partial charge on any atom is 1.00 e. The molecule has 2 N–H and O–H groups in total. The number of carbonyl (C=O) groups excluding carboxylic acids is 2. The Balaban J connectivity index is 0.00000306. The van der Waals surface area contributed by atoms with Gasteiger partial charge in [-0.3, -0.25) is 4.79 Å². The summed E-state index contributed by atoms with van der Waals surface area (Å²) in [5.41, 5.74) is 1.71. The van der Waals surface area contributed by atoms with Gasteiger partial charge in [-0.05, 0) is 48.2 Å². The second-order valence-electron chi connectivity index (χ2n) is 7.70. The number of urea groups is 1. The Morgan fingerprint density at radius 1 is 1.09 bits per heavy atom. The minimum atomic E-state index is -1.45. The van der Waals surface area contributed by atoms with Crippen molar-refractivity contribution in [2.45, 2.75) is 26.3 Å². The van der Waals surface area contributed by atoms with Crippen LogP contribution in [0.15, 0.2) is 53.5 Å². The van der Waals surface area contributed by atoms with Crippen molar-refractivity contribution >= 4 is 17.7 Å². The Kier molecular flexibility index (Phi) is 11.7. The van der Waals surface area contributed by atoms with Crippen molar-refractivity contribution in [3.63, 3.8) is 0 Å². The third-order valence-electron chi connectivity index (χ3n) is 5.29. The number of carboxylic acids is 1. The van der Waals surface area contributed by atoms with Crippen LogP contribution in [-0.2, 0) is 11.8 Å². The van der Waals surface area contributed by atoms with Crippen LogP contribution in [0.4, 0.5) is 14.9 Å². The van der Waals surface area contributed by atoms with Crippen molar-refractivity contribution in [2.24, 2.45) is 7.05 Å². The monoisotopic (exact) mass is 497 g/mol. The van der Waals surface area contributed by atoms with E-state index < -0.39 is 47.3 Å². The van der Waals surface area contributed by atoms with Gasteiger partial charge in [-0.1, -0.05) is 36.1 Å². The van der Waals surface area contributed by atoms with Gasteiger partial charge in [0.05, 0.1) is 6.04 Å². The molecule has 1 heterocycles. The number of anilines is 1. The van der Waals surface area contributed by atoms with Crippen molar-refractivity contribution in [3.05, 3.63) is 81.5 Å². The summed E-state index contributed by atoms with van der Waals surface area (Å²) in [6.07, 6.45) is 0.655. The Hall–Kier alpha value is -2.14. The van der Waals surface area contributed by atoms with Gasteiger partial charge in [0, 0.05) is 31.2 Å². The van der Waals surface area contributed by atoms with Crippen LogP contribution in [0.25, 0.3) is 11.1 Å². The first-order valence-electron chi connectivity index (χ1n) is 10.1. The Morgan fingerprint density at radius 2 is 1.71 bits per heavy atom. The molecule has 11 heteroatoms. The molecular weight excluding hydrogens is 475 g/mol. The smallest absolute Gasteiger partial charge is 0.871 e. The summed E-state index contributed by atoms with van der Waals surface area (Å²) in [6.45, 7) is 3.67. The van der Waals surface area contributed by atoms with Crippen molar-refractivity contribution < 1.29 is 83.3 Å². The third kappa shape index (κ3) is 7.42. The molecule has 8 nitrogen and oxygen atoms in total. The Bertz CT molecular complexity index is 1280. The van der Waals surface area contributed by atoms with E-state index in [0.717, 1.165) is 21.8 Å². The molecule has 0 unspecified atom stereocenters. The van der Waals surface area contributed by atoms with Crippen LogP contribution in [0.1, 0.15) is 29.2 Å². The van der Waals surface area contributed by atoms with Crippen LogP contribution in [0.3, 0.4) is 0 Å². The van der Waals surface area contributed by atoms with Gasteiger partial charge in [0.2, 0.25) is 0 Å². The van der Waals surface area contributed by atoms with Crippen LogP contribution in [0, 0.1) is 19.7 Å². The summed E-state index contributed by atoms with van der Waals surface area (Å²) in [5, 5.41) is 27.9. The van der Waals surface area contributed by atoms with E-state index >= 15 is 0 Å². The van der Waals surface area contributed by atoms with Gasteiger partial charge < -0.3 is 30.2 Å². The summed E-state index contributed by atoms with van der Waals surface area (Å²) in [5.74, 6) is -2.64. The molecule has 3 rings (SSSR count). The van der Waals surface area contributed by atoms with E-state index in [4.69, 9.17) is 0 Å². The van der Waals surface area contributed by atoms with E-state index in [-0.39, 0.29) is 64.7 Å². The quantitative estimate of drug-likeness (QED) is 0.335. The number of benzene rings is 2. The van der Waals surface area contributed by atoms with Crippen LogP contribution in [-0.4, -0.2) is 16.6 Å². The van der Waals surface area contributed by atoms with Crippen LogP contribution >= 0.6 is 0 Å². The normalized spacial score (nSPS) is 11.0. The number of nitrogens with one attached hydrogen (secondary N) is 2. The number of halogens is 1. The molecule has 1 atom stereocenters. The van der Waals surface area contributed by atoms with Gasteiger partial charge in [-0.15, -0.1) is 0 Å². The molecule has 0 aliphatic carbocycles. The number of hydrogen-bond acceptors (Lipinski definition) is 5. The van der Waals surface area contributed by atoms with Crippen molar-refractivity contribution in [1.29, 1.82) is 0 Å². The van der Waals surface area contributed by atoms with Gasteiger partial charge >= 0.3 is 65.1 Å². The first-order chi connectivity index (χ1) is 15.6. The van der Waals surface area contributed by atoms with Crippen LogP contribution in [0.2, 0.25) is 0 Å². The minimum absolute atomic E-state index is 0. The Labute approximate surface area is 246 Å². The SMILES string of the molecule is Cc1cccc(C)c1-c1cc([C@H](CC(=O)[O-])NC(=O)Nc2c([O-])ccn(C)c2=O)ccc1F.[Na+].[Na+]. The maximum atomic E-state index is 14.7. The zero-order valence-electron chi connectivity index (χ0n) is 20.3.